The Labute approximate surface area is 51.1 Å². The van der Waals surface area contributed by atoms with Gasteiger partial charge in [0.05, 0.1) is 0 Å². The molecular formula is C7H13N. The van der Waals surface area contributed by atoms with E-state index in [1.54, 1.807) is 0 Å². The second-order valence-electron chi connectivity index (χ2n) is 1.85. The Balaban J connectivity index is 3.16. The molecule has 1 heteroatoms. The van der Waals surface area contributed by atoms with Crippen molar-refractivity contribution in [1.29, 1.82) is 0 Å². The molecule has 0 bridgehead atoms. The van der Waals surface area contributed by atoms with Crippen molar-refractivity contribution < 1.29 is 0 Å². The molecule has 8 heavy (non-hydrogen) atoms. The Hall–Kier alpha value is -0.720. The van der Waals surface area contributed by atoms with Crippen molar-refractivity contribution in [2.24, 2.45) is 0 Å². The largest absolute Gasteiger partial charge is 0.394 e. The van der Waals surface area contributed by atoms with Crippen LogP contribution in [0, 0.1) is 0 Å². The highest BCUT2D eigenvalue weighted by Gasteiger charge is 1.74. The van der Waals surface area contributed by atoms with Crippen molar-refractivity contribution in [3.63, 3.8) is 0 Å². The lowest BCUT2D eigenvalue weighted by atomic mass is 10.2. The zero-order chi connectivity index (χ0) is 6.41. The molecule has 46 valence electrons. The van der Waals surface area contributed by atoms with Gasteiger partial charge in [-0.2, -0.15) is 0 Å². The first-order chi connectivity index (χ1) is 3.77. The van der Waals surface area contributed by atoms with E-state index >= 15 is 0 Å². The fraction of sp³-hybridized carbons (Fsp3) is 0.429. The Morgan fingerprint density at radius 1 is 1.75 bits per heavy atom. The van der Waals surface area contributed by atoms with Crippen LogP contribution in [0.15, 0.2) is 24.4 Å². The van der Waals surface area contributed by atoms with Gasteiger partial charge in [0.25, 0.3) is 0 Å². The lowest BCUT2D eigenvalue weighted by Crippen LogP contribution is -1.90. The fourth-order valence-electron chi connectivity index (χ4n) is 0.378. The van der Waals surface area contributed by atoms with Gasteiger partial charge in [-0.05, 0) is 19.5 Å². The average Bonchev–Trinajstić information content (AvgIpc) is 1.66. The smallest absolute Gasteiger partial charge is 0.00276 e. The summed E-state index contributed by atoms with van der Waals surface area (Å²) in [6.45, 7) is 5.76. The SMILES string of the molecule is C=C(C)C/C=C/NC. The number of nitrogens with one attached hydrogen (secondary N) is 1. The van der Waals surface area contributed by atoms with E-state index in [-0.39, 0.29) is 0 Å². The minimum Gasteiger partial charge on any atom is -0.394 e. The second-order valence-corrected chi connectivity index (χ2v) is 1.85. The second kappa shape index (κ2) is 4.44. The van der Waals surface area contributed by atoms with E-state index in [1.165, 1.54) is 5.57 Å². The molecule has 0 fully saturated rings. The van der Waals surface area contributed by atoms with Crippen molar-refractivity contribution in [2.75, 3.05) is 7.05 Å². The van der Waals surface area contributed by atoms with E-state index in [2.05, 4.69) is 11.9 Å². The quantitative estimate of drug-likeness (QED) is 0.546. The number of hydrogen-bond donors (Lipinski definition) is 1. The van der Waals surface area contributed by atoms with Gasteiger partial charge in [-0.1, -0.05) is 18.2 Å². The maximum Gasteiger partial charge on any atom is 0.00276 e. The van der Waals surface area contributed by atoms with Crippen LogP contribution in [-0.4, -0.2) is 7.05 Å². The van der Waals surface area contributed by atoms with Crippen LogP contribution in [0.5, 0.6) is 0 Å². The van der Waals surface area contributed by atoms with E-state index in [0.717, 1.165) is 6.42 Å². The molecule has 0 aliphatic rings. The van der Waals surface area contributed by atoms with Crippen molar-refractivity contribution >= 4 is 0 Å². The lowest BCUT2D eigenvalue weighted by molar-refractivity contribution is 1.08. The molecule has 0 aliphatic carbocycles. The molecule has 0 amide bonds. The minimum atomic E-state index is 0.973. The summed E-state index contributed by atoms with van der Waals surface area (Å²) in [6.07, 6.45) is 4.93. The van der Waals surface area contributed by atoms with Gasteiger partial charge < -0.3 is 5.32 Å². The van der Waals surface area contributed by atoms with Crippen LogP contribution >= 0.6 is 0 Å². The third-order valence-electron chi connectivity index (χ3n) is 0.751. The molecule has 0 heterocycles. The third-order valence-corrected chi connectivity index (χ3v) is 0.751. The van der Waals surface area contributed by atoms with Gasteiger partial charge in [-0.25, -0.2) is 0 Å². The lowest BCUT2D eigenvalue weighted by Gasteiger charge is -1.88. The maximum absolute atomic E-state index is 3.75. The van der Waals surface area contributed by atoms with Crippen molar-refractivity contribution in [3.8, 4) is 0 Å². The standard InChI is InChI=1S/C7H13N/c1-7(2)5-4-6-8-3/h4,6,8H,1,5H2,2-3H3/b6-4+. The first-order valence-electron chi connectivity index (χ1n) is 2.74. The topological polar surface area (TPSA) is 12.0 Å². The zero-order valence-electron chi connectivity index (χ0n) is 5.57. The van der Waals surface area contributed by atoms with Gasteiger partial charge in [-0.15, -0.1) is 0 Å². The van der Waals surface area contributed by atoms with Crippen LogP contribution in [-0.2, 0) is 0 Å². The van der Waals surface area contributed by atoms with E-state index < -0.39 is 0 Å². The summed E-state index contributed by atoms with van der Waals surface area (Å²) in [7, 11) is 1.88. The van der Waals surface area contributed by atoms with Crippen LogP contribution < -0.4 is 5.32 Å². The Morgan fingerprint density at radius 3 is 2.75 bits per heavy atom. The first kappa shape index (κ1) is 7.28. The Kier molecular flexibility index (Phi) is 4.04. The monoisotopic (exact) mass is 111 g/mol. The molecule has 0 aromatic rings. The Morgan fingerprint density at radius 2 is 2.38 bits per heavy atom. The zero-order valence-corrected chi connectivity index (χ0v) is 5.57. The van der Waals surface area contributed by atoms with E-state index in [9.17, 15) is 0 Å². The summed E-state index contributed by atoms with van der Waals surface area (Å²) in [4.78, 5) is 0. The summed E-state index contributed by atoms with van der Waals surface area (Å²) in [5.74, 6) is 0. The van der Waals surface area contributed by atoms with Gasteiger partial charge in [0, 0.05) is 7.05 Å². The molecule has 0 rings (SSSR count). The highest BCUT2D eigenvalue weighted by Crippen LogP contribution is 1.93. The summed E-state index contributed by atoms with van der Waals surface area (Å²) < 4.78 is 0. The normalized spacial score (nSPS) is 9.75. The third kappa shape index (κ3) is 5.28. The molecule has 1 nitrogen and oxygen atoms in total. The molecule has 0 saturated heterocycles. The number of hydrogen-bond acceptors (Lipinski definition) is 1. The molecule has 0 saturated carbocycles. The predicted molar refractivity (Wildman–Crippen MR) is 37.6 cm³/mol. The van der Waals surface area contributed by atoms with Gasteiger partial charge >= 0.3 is 0 Å². The van der Waals surface area contributed by atoms with Crippen LogP contribution in [0.1, 0.15) is 13.3 Å². The summed E-state index contributed by atoms with van der Waals surface area (Å²) in [5.41, 5.74) is 1.19. The summed E-state index contributed by atoms with van der Waals surface area (Å²) in [5, 5.41) is 2.90. The molecule has 0 aromatic carbocycles. The van der Waals surface area contributed by atoms with Gasteiger partial charge in [0.2, 0.25) is 0 Å². The molecule has 0 unspecified atom stereocenters. The predicted octanol–water partition coefficient (Wildman–Crippen LogP) is 1.69. The van der Waals surface area contributed by atoms with Gasteiger partial charge in [0.15, 0.2) is 0 Å². The van der Waals surface area contributed by atoms with Crippen molar-refractivity contribution in [3.05, 3.63) is 24.4 Å². The molecule has 1 N–H and O–H groups in total. The Bertz CT molecular complexity index is 92.6. The van der Waals surface area contributed by atoms with Crippen LogP contribution in [0.4, 0.5) is 0 Å². The fourth-order valence-corrected chi connectivity index (χ4v) is 0.378. The average molecular weight is 111 g/mol. The van der Waals surface area contributed by atoms with E-state index in [4.69, 9.17) is 0 Å². The van der Waals surface area contributed by atoms with Crippen LogP contribution in [0.25, 0.3) is 0 Å². The van der Waals surface area contributed by atoms with Crippen LogP contribution in [0.2, 0.25) is 0 Å². The van der Waals surface area contributed by atoms with Gasteiger partial charge in [-0.3, -0.25) is 0 Å². The molecular weight excluding hydrogens is 98.1 g/mol. The molecule has 0 radical (unpaired) electrons. The molecule has 0 spiro atoms. The minimum absolute atomic E-state index is 0.973. The summed E-state index contributed by atoms with van der Waals surface area (Å²) >= 11 is 0. The van der Waals surface area contributed by atoms with Crippen LogP contribution in [0.3, 0.4) is 0 Å². The maximum atomic E-state index is 3.75. The highest BCUT2D eigenvalue weighted by molar-refractivity contribution is 4.97. The number of rotatable bonds is 3. The van der Waals surface area contributed by atoms with E-state index in [0.29, 0.717) is 0 Å². The first-order valence-corrected chi connectivity index (χ1v) is 2.74. The van der Waals surface area contributed by atoms with Gasteiger partial charge in [0.1, 0.15) is 0 Å². The summed E-state index contributed by atoms with van der Waals surface area (Å²) in [6, 6.07) is 0. The molecule has 0 aromatic heterocycles. The van der Waals surface area contributed by atoms with E-state index in [1.807, 2.05) is 26.2 Å². The van der Waals surface area contributed by atoms with Crippen molar-refractivity contribution in [1.82, 2.24) is 5.32 Å². The highest BCUT2D eigenvalue weighted by atomic mass is 14.8. The molecule has 0 atom stereocenters. The van der Waals surface area contributed by atoms with Crippen molar-refractivity contribution in [2.45, 2.75) is 13.3 Å². The number of allylic oxidation sites excluding steroid dienone is 2. The molecule has 0 aliphatic heterocycles.